The Kier molecular flexibility index (Phi) is 4.38. The number of fused-ring (bicyclic) bond motifs is 1. The Morgan fingerprint density at radius 2 is 2.35 bits per heavy atom. The Hall–Kier alpha value is -0.910. The number of carbonyl (C=O) groups is 1. The summed E-state index contributed by atoms with van der Waals surface area (Å²) in [6, 6.07) is 2.18. The van der Waals surface area contributed by atoms with Crippen LogP contribution in [0.15, 0.2) is 16.8 Å². The lowest BCUT2D eigenvalue weighted by Crippen LogP contribution is -2.46. The summed E-state index contributed by atoms with van der Waals surface area (Å²) in [7, 11) is 1.69. The Bertz CT molecular complexity index is 449. The average molecular weight is 294 g/mol. The second kappa shape index (κ2) is 6.24. The lowest BCUT2D eigenvalue weighted by molar-refractivity contribution is -0.140. The molecule has 2 fully saturated rings. The molecule has 2 aliphatic rings. The fraction of sp³-hybridized carbons (Fsp3) is 0.667. The van der Waals surface area contributed by atoms with E-state index in [0.29, 0.717) is 18.4 Å². The highest BCUT2D eigenvalue weighted by molar-refractivity contribution is 7.07. The fourth-order valence-electron chi connectivity index (χ4n) is 3.39. The summed E-state index contributed by atoms with van der Waals surface area (Å²) in [6.45, 7) is 5.26. The molecule has 0 bridgehead atoms. The van der Waals surface area contributed by atoms with Crippen LogP contribution in [0.4, 0.5) is 0 Å². The van der Waals surface area contributed by atoms with Crippen LogP contribution in [0.3, 0.4) is 0 Å². The molecule has 3 rings (SSSR count). The highest BCUT2D eigenvalue weighted by Crippen LogP contribution is 2.32. The van der Waals surface area contributed by atoms with Crippen LogP contribution in [0.1, 0.15) is 12.0 Å². The zero-order valence-corrected chi connectivity index (χ0v) is 12.8. The Labute approximate surface area is 124 Å². The lowest BCUT2D eigenvalue weighted by Gasteiger charge is -2.33. The summed E-state index contributed by atoms with van der Waals surface area (Å²) in [5.41, 5.74) is 1.37. The van der Waals surface area contributed by atoms with E-state index in [-0.39, 0.29) is 5.92 Å². The van der Waals surface area contributed by atoms with Gasteiger partial charge in [0.15, 0.2) is 0 Å². The molecule has 110 valence electrons. The third-order valence-corrected chi connectivity index (χ3v) is 5.20. The molecule has 0 saturated carbocycles. The summed E-state index contributed by atoms with van der Waals surface area (Å²) in [5, 5.41) is 4.32. The molecular formula is C15H22N2O2S. The minimum Gasteiger partial charge on any atom is -0.383 e. The number of methoxy groups -OCH3 is 1. The molecule has 0 radical (unpaired) electrons. The van der Waals surface area contributed by atoms with Gasteiger partial charge in [-0.3, -0.25) is 9.69 Å². The molecule has 2 aliphatic heterocycles. The van der Waals surface area contributed by atoms with Crippen molar-refractivity contribution in [3.8, 4) is 0 Å². The van der Waals surface area contributed by atoms with Crippen LogP contribution in [0, 0.1) is 11.8 Å². The predicted octanol–water partition coefficient (Wildman–Crippen LogP) is 1.67. The largest absolute Gasteiger partial charge is 0.383 e. The Balaban J connectivity index is 1.58. The molecule has 1 aromatic heterocycles. The van der Waals surface area contributed by atoms with Crippen molar-refractivity contribution in [3.05, 3.63) is 22.4 Å². The van der Waals surface area contributed by atoms with Crippen LogP contribution in [-0.2, 0) is 16.1 Å². The molecule has 2 unspecified atom stereocenters. The van der Waals surface area contributed by atoms with Crippen LogP contribution in [0.25, 0.3) is 0 Å². The number of thiophene rings is 1. The second-order valence-corrected chi connectivity index (χ2v) is 6.58. The molecule has 0 aromatic carbocycles. The minimum absolute atomic E-state index is 0.208. The van der Waals surface area contributed by atoms with Crippen molar-refractivity contribution in [1.82, 2.24) is 9.80 Å². The number of rotatable bonds is 5. The number of hydrogen-bond donors (Lipinski definition) is 0. The molecule has 1 aromatic rings. The van der Waals surface area contributed by atoms with Crippen molar-refractivity contribution in [3.63, 3.8) is 0 Å². The first-order valence-corrected chi connectivity index (χ1v) is 8.23. The molecule has 3 heterocycles. The molecule has 0 N–H and O–H groups in total. The van der Waals surface area contributed by atoms with Crippen molar-refractivity contribution in [2.45, 2.75) is 13.0 Å². The van der Waals surface area contributed by atoms with Gasteiger partial charge in [0.2, 0.25) is 5.91 Å². The first-order chi connectivity index (χ1) is 9.78. The highest BCUT2D eigenvalue weighted by Gasteiger charge is 2.42. The number of piperidine rings is 1. The first kappa shape index (κ1) is 14.0. The van der Waals surface area contributed by atoms with Crippen LogP contribution in [0.5, 0.6) is 0 Å². The summed E-state index contributed by atoms with van der Waals surface area (Å²) >= 11 is 1.74. The first-order valence-electron chi connectivity index (χ1n) is 7.29. The SMILES string of the molecule is COCCN1CCC2CN(Cc3ccsc3)CC2C1=O. The van der Waals surface area contributed by atoms with E-state index in [4.69, 9.17) is 4.74 Å². The molecule has 20 heavy (non-hydrogen) atoms. The number of hydrogen-bond acceptors (Lipinski definition) is 4. The third kappa shape index (κ3) is 2.90. The second-order valence-electron chi connectivity index (χ2n) is 5.80. The molecule has 4 nitrogen and oxygen atoms in total. The summed E-state index contributed by atoms with van der Waals surface area (Å²) < 4.78 is 5.09. The number of ether oxygens (including phenoxy) is 1. The van der Waals surface area contributed by atoms with E-state index in [1.165, 1.54) is 5.56 Å². The van der Waals surface area contributed by atoms with Gasteiger partial charge >= 0.3 is 0 Å². The van der Waals surface area contributed by atoms with Crippen molar-refractivity contribution < 1.29 is 9.53 Å². The zero-order valence-electron chi connectivity index (χ0n) is 12.0. The van der Waals surface area contributed by atoms with Gasteiger partial charge in [-0.25, -0.2) is 0 Å². The Morgan fingerprint density at radius 1 is 1.45 bits per heavy atom. The van der Waals surface area contributed by atoms with Crippen molar-refractivity contribution >= 4 is 17.2 Å². The van der Waals surface area contributed by atoms with Gasteiger partial charge in [-0.15, -0.1) is 0 Å². The van der Waals surface area contributed by atoms with E-state index in [9.17, 15) is 4.79 Å². The quantitative estimate of drug-likeness (QED) is 0.828. The van der Waals surface area contributed by atoms with Crippen molar-refractivity contribution in [2.24, 2.45) is 11.8 Å². The molecule has 0 aliphatic carbocycles. The van der Waals surface area contributed by atoms with E-state index in [2.05, 4.69) is 21.7 Å². The summed E-state index contributed by atoms with van der Waals surface area (Å²) in [6.07, 6.45) is 1.14. The normalized spacial score (nSPS) is 27.1. The van der Waals surface area contributed by atoms with Crippen molar-refractivity contribution in [2.75, 3.05) is 39.9 Å². The molecular weight excluding hydrogens is 272 g/mol. The van der Waals surface area contributed by atoms with Gasteiger partial charge < -0.3 is 9.64 Å². The molecule has 1 amide bonds. The lowest BCUT2D eigenvalue weighted by atomic mass is 9.88. The van der Waals surface area contributed by atoms with Crippen LogP contribution >= 0.6 is 11.3 Å². The van der Waals surface area contributed by atoms with E-state index < -0.39 is 0 Å². The number of nitrogens with zero attached hydrogens (tertiary/aromatic N) is 2. The van der Waals surface area contributed by atoms with Crippen LogP contribution in [-0.4, -0.2) is 55.6 Å². The van der Waals surface area contributed by atoms with E-state index in [0.717, 1.165) is 39.1 Å². The van der Waals surface area contributed by atoms with Gasteiger partial charge in [-0.1, -0.05) is 0 Å². The van der Waals surface area contributed by atoms with E-state index in [1.54, 1.807) is 18.4 Å². The summed E-state index contributed by atoms with van der Waals surface area (Å²) in [4.78, 5) is 16.9. The third-order valence-electron chi connectivity index (χ3n) is 4.47. The van der Waals surface area contributed by atoms with E-state index in [1.807, 2.05) is 4.90 Å². The highest BCUT2D eigenvalue weighted by atomic mass is 32.1. The minimum atomic E-state index is 0.208. The smallest absolute Gasteiger partial charge is 0.227 e. The Morgan fingerprint density at radius 3 is 3.10 bits per heavy atom. The van der Waals surface area contributed by atoms with Gasteiger partial charge in [0.1, 0.15) is 0 Å². The number of carbonyl (C=O) groups excluding carboxylic acids is 1. The average Bonchev–Trinajstić information content (AvgIpc) is 3.08. The van der Waals surface area contributed by atoms with Gasteiger partial charge in [0, 0.05) is 39.8 Å². The van der Waals surface area contributed by atoms with Gasteiger partial charge in [-0.2, -0.15) is 11.3 Å². The zero-order chi connectivity index (χ0) is 13.9. The standard InChI is InChI=1S/C15H22N2O2S/c1-19-6-5-17-4-2-13-9-16(10-14(13)15(17)18)8-12-3-7-20-11-12/h3,7,11,13-14H,2,4-6,8-10H2,1H3. The molecule has 0 spiro atoms. The van der Waals surface area contributed by atoms with Gasteiger partial charge in [0.05, 0.1) is 12.5 Å². The van der Waals surface area contributed by atoms with Crippen molar-refractivity contribution in [1.29, 1.82) is 0 Å². The maximum atomic E-state index is 12.5. The topological polar surface area (TPSA) is 32.8 Å². The maximum Gasteiger partial charge on any atom is 0.227 e. The van der Waals surface area contributed by atoms with Gasteiger partial charge in [-0.05, 0) is 34.7 Å². The van der Waals surface area contributed by atoms with E-state index >= 15 is 0 Å². The van der Waals surface area contributed by atoms with Crippen LogP contribution in [0.2, 0.25) is 0 Å². The monoisotopic (exact) mass is 294 g/mol. The maximum absolute atomic E-state index is 12.5. The fourth-order valence-corrected chi connectivity index (χ4v) is 4.05. The molecule has 2 atom stereocenters. The number of likely N-dealkylation sites (tertiary alicyclic amines) is 2. The molecule has 5 heteroatoms. The van der Waals surface area contributed by atoms with Gasteiger partial charge in [0.25, 0.3) is 0 Å². The number of amides is 1. The predicted molar refractivity (Wildman–Crippen MR) is 79.6 cm³/mol. The van der Waals surface area contributed by atoms with Crippen LogP contribution < -0.4 is 0 Å². The summed E-state index contributed by atoms with van der Waals surface area (Å²) in [5.74, 6) is 1.10. The molecule has 2 saturated heterocycles.